The second kappa shape index (κ2) is 6.73. The third kappa shape index (κ3) is 3.29. The molecule has 1 amide bonds. The Hall–Kier alpha value is -1.50. The number of nitrogens with zero attached hydrogens (tertiary/aromatic N) is 1. The largest absolute Gasteiger partial charge is 0.379 e. The van der Waals surface area contributed by atoms with Gasteiger partial charge >= 0.3 is 0 Å². The van der Waals surface area contributed by atoms with E-state index in [2.05, 4.69) is 10.3 Å². The van der Waals surface area contributed by atoms with Gasteiger partial charge in [0.2, 0.25) is 0 Å². The first-order valence-corrected chi connectivity index (χ1v) is 8.36. The maximum absolute atomic E-state index is 12.5. The van der Waals surface area contributed by atoms with Crippen molar-refractivity contribution in [1.82, 2.24) is 10.3 Å². The van der Waals surface area contributed by atoms with Crippen LogP contribution in [0.2, 0.25) is 0 Å². The van der Waals surface area contributed by atoms with Crippen LogP contribution in [0.3, 0.4) is 0 Å². The molecule has 0 saturated carbocycles. The van der Waals surface area contributed by atoms with E-state index in [1.54, 1.807) is 11.3 Å². The number of nitrogens with one attached hydrogen (secondary N) is 1. The summed E-state index contributed by atoms with van der Waals surface area (Å²) in [6.07, 6.45) is 0.696. The van der Waals surface area contributed by atoms with Crippen molar-refractivity contribution in [1.29, 1.82) is 0 Å². The summed E-state index contributed by atoms with van der Waals surface area (Å²) < 4.78 is 12.2. The van der Waals surface area contributed by atoms with E-state index >= 15 is 0 Å². The lowest BCUT2D eigenvalue weighted by Gasteiger charge is -2.31. The second-order valence-electron chi connectivity index (χ2n) is 5.35. The van der Waals surface area contributed by atoms with Crippen LogP contribution in [0.5, 0.6) is 0 Å². The van der Waals surface area contributed by atoms with Crippen LogP contribution in [0.25, 0.3) is 10.2 Å². The normalized spacial score (nSPS) is 21.9. The van der Waals surface area contributed by atoms with Gasteiger partial charge in [-0.3, -0.25) is 4.79 Å². The van der Waals surface area contributed by atoms with Gasteiger partial charge < -0.3 is 14.8 Å². The summed E-state index contributed by atoms with van der Waals surface area (Å²) in [6.45, 7) is 5.72. The van der Waals surface area contributed by atoms with Gasteiger partial charge in [-0.1, -0.05) is 0 Å². The van der Waals surface area contributed by atoms with E-state index in [0.717, 1.165) is 21.6 Å². The maximum Gasteiger partial charge on any atom is 0.251 e. The van der Waals surface area contributed by atoms with Crippen LogP contribution in [0.4, 0.5) is 0 Å². The van der Waals surface area contributed by atoms with Gasteiger partial charge in [-0.05, 0) is 38.5 Å². The number of benzene rings is 1. The summed E-state index contributed by atoms with van der Waals surface area (Å²) in [6, 6.07) is 5.65. The number of fused-ring (bicyclic) bond motifs is 1. The molecule has 1 saturated heterocycles. The highest BCUT2D eigenvalue weighted by Gasteiger charge is 2.27. The molecule has 1 aromatic heterocycles. The number of hydrogen-bond donors (Lipinski definition) is 1. The van der Waals surface area contributed by atoms with Crippen LogP contribution in [0, 0.1) is 6.92 Å². The molecule has 1 aliphatic rings. The molecule has 3 rings (SSSR count). The van der Waals surface area contributed by atoms with Crippen molar-refractivity contribution in [3.63, 3.8) is 0 Å². The highest BCUT2D eigenvalue weighted by Crippen LogP contribution is 2.22. The molecule has 22 heavy (non-hydrogen) atoms. The molecular weight excluding hydrogens is 300 g/mol. The summed E-state index contributed by atoms with van der Waals surface area (Å²) in [4.78, 5) is 16.9. The maximum atomic E-state index is 12.5. The van der Waals surface area contributed by atoms with E-state index in [9.17, 15) is 4.79 Å². The lowest BCUT2D eigenvalue weighted by molar-refractivity contribution is -0.0632. The lowest BCUT2D eigenvalue weighted by Crippen LogP contribution is -2.50. The topological polar surface area (TPSA) is 60.5 Å². The molecule has 5 nitrogen and oxygen atoms in total. The highest BCUT2D eigenvalue weighted by molar-refractivity contribution is 7.18. The van der Waals surface area contributed by atoms with E-state index in [4.69, 9.17) is 9.47 Å². The van der Waals surface area contributed by atoms with Crippen molar-refractivity contribution in [2.24, 2.45) is 0 Å². The van der Waals surface area contributed by atoms with Gasteiger partial charge in [0.15, 0.2) is 0 Å². The predicted octanol–water partition coefficient (Wildman–Crippen LogP) is 2.53. The fourth-order valence-electron chi connectivity index (χ4n) is 2.69. The SMILES string of the molecule is CCO[C@@H]1COCC[C@H]1NC(=O)c1ccc2sc(C)nc2c1. The summed E-state index contributed by atoms with van der Waals surface area (Å²) in [7, 11) is 0. The van der Waals surface area contributed by atoms with Gasteiger partial charge in [0.25, 0.3) is 5.91 Å². The monoisotopic (exact) mass is 320 g/mol. The van der Waals surface area contributed by atoms with Crippen LogP contribution in [0.15, 0.2) is 18.2 Å². The zero-order valence-corrected chi connectivity index (χ0v) is 13.6. The minimum Gasteiger partial charge on any atom is -0.379 e. The Kier molecular flexibility index (Phi) is 4.71. The molecule has 0 radical (unpaired) electrons. The Bertz CT molecular complexity index is 668. The number of aromatic nitrogens is 1. The van der Waals surface area contributed by atoms with Crippen molar-refractivity contribution >= 4 is 27.5 Å². The van der Waals surface area contributed by atoms with Crippen LogP contribution in [0.1, 0.15) is 28.7 Å². The quantitative estimate of drug-likeness (QED) is 0.940. The Labute approximate surface area is 133 Å². The molecule has 1 N–H and O–H groups in total. The first-order chi connectivity index (χ1) is 10.7. The van der Waals surface area contributed by atoms with E-state index in [1.165, 1.54) is 0 Å². The van der Waals surface area contributed by atoms with Crippen molar-refractivity contribution < 1.29 is 14.3 Å². The molecule has 1 aromatic carbocycles. The molecule has 2 atom stereocenters. The summed E-state index contributed by atoms with van der Waals surface area (Å²) in [5, 5.41) is 4.08. The number of rotatable bonds is 4. The lowest BCUT2D eigenvalue weighted by atomic mass is 10.1. The van der Waals surface area contributed by atoms with E-state index in [-0.39, 0.29) is 18.1 Å². The number of ether oxygens (including phenoxy) is 2. The highest BCUT2D eigenvalue weighted by atomic mass is 32.1. The van der Waals surface area contributed by atoms with Crippen LogP contribution in [-0.4, -0.2) is 42.9 Å². The third-order valence-electron chi connectivity index (χ3n) is 3.76. The number of thiazole rings is 1. The van der Waals surface area contributed by atoms with Crippen LogP contribution < -0.4 is 5.32 Å². The fourth-order valence-corrected chi connectivity index (χ4v) is 3.50. The number of amides is 1. The van der Waals surface area contributed by atoms with Crippen LogP contribution >= 0.6 is 11.3 Å². The average molecular weight is 320 g/mol. The molecule has 0 bridgehead atoms. The Morgan fingerprint density at radius 3 is 3.23 bits per heavy atom. The van der Waals surface area contributed by atoms with Gasteiger partial charge in [0, 0.05) is 18.8 Å². The molecule has 1 aliphatic heterocycles. The molecule has 118 valence electrons. The second-order valence-corrected chi connectivity index (χ2v) is 6.59. The summed E-state index contributed by atoms with van der Waals surface area (Å²) >= 11 is 1.64. The molecule has 6 heteroatoms. The molecule has 1 fully saturated rings. The summed E-state index contributed by atoms with van der Waals surface area (Å²) in [5.41, 5.74) is 1.52. The Morgan fingerprint density at radius 1 is 1.55 bits per heavy atom. The number of carbonyl (C=O) groups excluding carboxylic acids is 1. The minimum atomic E-state index is -0.0795. The van der Waals surface area contributed by atoms with Gasteiger partial charge in [-0.2, -0.15) is 0 Å². The first-order valence-electron chi connectivity index (χ1n) is 7.54. The van der Waals surface area contributed by atoms with Crippen molar-refractivity contribution in [3.05, 3.63) is 28.8 Å². The number of carbonyl (C=O) groups is 1. The smallest absolute Gasteiger partial charge is 0.251 e. The van der Waals surface area contributed by atoms with Gasteiger partial charge in [-0.15, -0.1) is 11.3 Å². The fraction of sp³-hybridized carbons (Fsp3) is 0.500. The van der Waals surface area contributed by atoms with E-state index in [0.29, 0.717) is 25.4 Å². The Morgan fingerprint density at radius 2 is 2.41 bits per heavy atom. The molecule has 0 aliphatic carbocycles. The standard InChI is InChI=1S/C16H20N2O3S/c1-3-21-14-9-20-7-6-12(14)18-16(19)11-4-5-15-13(8-11)17-10(2)22-15/h4-5,8,12,14H,3,6-7,9H2,1-2H3,(H,18,19)/t12-,14-/m1/s1. The number of hydrogen-bond acceptors (Lipinski definition) is 5. The van der Waals surface area contributed by atoms with Gasteiger partial charge in [-0.25, -0.2) is 4.98 Å². The molecule has 2 aromatic rings. The Balaban J connectivity index is 1.74. The molecule has 0 spiro atoms. The zero-order valence-electron chi connectivity index (χ0n) is 12.8. The molecule has 2 heterocycles. The van der Waals surface area contributed by atoms with Gasteiger partial charge in [0.1, 0.15) is 6.10 Å². The van der Waals surface area contributed by atoms with Gasteiger partial charge in [0.05, 0.1) is 27.9 Å². The average Bonchev–Trinajstić information content (AvgIpc) is 2.88. The third-order valence-corrected chi connectivity index (χ3v) is 4.71. The zero-order chi connectivity index (χ0) is 15.5. The van der Waals surface area contributed by atoms with Crippen molar-refractivity contribution in [3.8, 4) is 0 Å². The molecular formula is C16H20N2O3S. The van der Waals surface area contributed by atoms with Crippen molar-refractivity contribution in [2.45, 2.75) is 32.4 Å². The van der Waals surface area contributed by atoms with E-state index in [1.807, 2.05) is 32.0 Å². The first kappa shape index (κ1) is 15.4. The van der Waals surface area contributed by atoms with Crippen LogP contribution in [-0.2, 0) is 9.47 Å². The predicted molar refractivity (Wildman–Crippen MR) is 86.5 cm³/mol. The van der Waals surface area contributed by atoms with E-state index < -0.39 is 0 Å². The minimum absolute atomic E-state index is 0.00549. The summed E-state index contributed by atoms with van der Waals surface area (Å²) in [5.74, 6) is -0.0795. The molecule has 0 unspecified atom stereocenters. The number of aryl methyl sites for hydroxylation is 1. The van der Waals surface area contributed by atoms with Crippen molar-refractivity contribution in [2.75, 3.05) is 19.8 Å².